The van der Waals surface area contributed by atoms with Crippen molar-refractivity contribution < 1.29 is 9.47 Å². The molecule has 0 fully saturated rings. The molecule has 1 aromatic rings. The van der Waals surface area contributed by atoms with Crippen molar-refractivity contribution in [1.29, 1.82) is 0 Å². The molecule has 0 amide bonds. The second kappa shape index (κ2) is 6.01. The number of hydrogen-bond donors (Lipinski definition) is 0. The highest BCUT2D eigenvalue weighted by atomic mass is 16.5. The summed E-state index contributed by atoms with van der Waals surface area (Å²) in [5.41, 5.74) is 1.92. The van der Waals surface area contributed by atoms with Gasteiger partial charge in [-0.05, 0) is 19.4 Å². The Morgan fingerprint density at radius 1 is 1.40 bits per heavy atom. The molecule has 15 heavy (non-hydrogen) atoms. The Morgan fingerprint density at radius 2 is 2.20 bits per heavy atom. The monoisotopic (exact) mass is 208 g/mol. The molecule has 82 valence electrons. The number of aryl methyl sites for hydroxylation is 1. The molecule has 0 aliphatic rings. The predicted molar refractivity (Wildman–Crippen MR) is 58.6 cm³/mol. The second-order valence-electron chi connectivity index (χ2n) is 2.87. The van der Waals surface area contributed by atoms with Crippen molar-refractivity contribution in [3.63, 3.8) is 0 Å². The van der Waals surface area contributed by atoms with Crippen molar-refractivity contribution in [1.82, 2.24) is 9.97 Å². The van der Waals surface area contributed by atoms with Crippen molar-refractivity contribution in [3.05, 3.63) is 23.7 Å². The smallest absolute Gasteiger partial charge is 0.316 e. The number of methoxy groups -OCH3 is 1. The molecule has 0 saturated heterocycles. The Hall–Kier alpha value is -1.58. The van der Waals surface area contributed by atoms with E-state index in [1.54, 1.807) is 19.6 Å². The van der Waals surface area contributed by atoms with Crippen molar-refractivity contribution in [2.45, 2.75) is 20.3 Å². The van der Waals surface area contributed by atoms with Gasteiger partial charge in [-0.3, -0.25) is 0 Å². The fraction of sp³-hybridized carbons (Fsp3) is 0.455. The van der Waals surface area contributed by atoms with Gasteiger partial charge in [-0.15, -0.1) is 0 Å². The SMILES string of the molecule is CCOC=Cc1cnc(OC)nc1CC. The van der Waals surface area contributed by atoms with Crippen LogP contribution in [0.3, 0.4) is 0 Å². The molecule has 0 saturated carbocycles. The van der Waals surface area contributed by atoms with E-state index in [2.05, 4.69) is 9.97 Å². The van der Waals surface area contributed by atoms with Crippen molar-refractivity contribution in [2.75, 3.05) is 13.7 Å². The van der Waals surface area contributed by atoms with Gasteiger partial charge in [0.1, 0.15) is 0 Å². The highest BCUT2D eigenvalue weighted by Crippen LogP contribution is 2.11. The van der Waals surface area contributed by atoms with Gasteiger partial charge in [-0.2, -0.15) is 4.98 Å². The molecule has 0 aliphatic heterocycles. The molecule has 1 aromatic heterocycles. The summed E-state index contributed by atoms with van der Waals surface area (Å²) in [6.45, 7) is 4.64. The van der Waals surface area contributed by atoms with Gasteiger partial charge >= 0.3 is 6.01 Å². The number of rotatable bonds is 5. The summed E-state index contributed by atoms with van der Waals surface area (Å²) < 4.78 is 10.1. The molecule has 0 spiro atoms. The maximum absolute atomic E-state index is 5.13. The fourth-order valence-corrected chi connectivity index (χ4v) is 1.15. The van der Waals surface area contributed by atoms with E-state index in [0.29, 0.717) is 12.6 Å². The van der Waals surface area contributed by atoms with Crippen LogP contribution in [0.25, 0.3) is 6.08 Å². The predicted octanol–water partition coefficient (Wildman–Crippen LogP) is 2.05. The lowest BCUT2D eigenvalue weighted by Crippen LogP contribution is -1.98. The molecular weight excluding hydrogens is 192 g/mol. The maximum atomic E-state index is 5.13. The second-order valence-corrected chi connectivity index (χ2v) is 2.87. The van der Waals surface area contributed by atoms with Crippen LogP contribution in [-0.2, 0) is 11.2 Å². The van der Waals surface area contributed by atoms with E-state index < -0.39 is 0 Å². The highest BCUT2D eigenvalue weighted by molar-refractivity contribution is 5.49. The standard InChI is InChI=1S/C11H16N2O2/c1-4-10-9(6-7-15-5-2)8-12-11(13-10)14-3/h6-8H,4-5H2,1-3H3. The van der Waals surface area contributed by atoms with Gasteiger partial charge in [0.15, 0.2) is 0 Å². The first-order valence-electron chi connectivity index (χ1n) is 4.99. The summed E-state index contributed by atoms with van der Waals surface area (Å²) in [6, 6.07) is 0.403. The molecular formula is C11H16N2O2. The van der Waals surface area contributed by atoms with Crippen LogP contribution in [0, 0.1) is 0 Å². The van der Waals surface area contributed by atoms with Crippen molar-refractivity contribution >= 4 is 6.08 Å². The summed E-state index contributed by atoms with van der Waals surface area (Å²) in [5.74, 6) is 0. The highest BCUT2D eigenvalue weighted by Gasteiger charge is 2.02. The van der Waals surface area contributed by atoms with Crippen LogP contribution in [0.5, 0.6) is 6.01 Å². The zero-order chi connectivity index (χ0) is 11.1. The lowest BCUT2D eigenvalue weighted by molar-refractivity contribution is 0.272. The molecule has 0 N–H and O–H groups in total. The zero-order valence-electron chi connectivity index (χ0n) is 9.36. The molecule has 0 radical (unpaired) electrons. The lowest BCUT2D eigenvalue weighted by Gasteiger charge is -2.04. The fourth-order valence-electron chi connectivity index (χ4n) is 1.15. The molecule has 0 aromatic carbocycles. The van der Waals surface area contributed by atoms with E-state index in [4.69, 9.17) is 9.47 Å². The summed E-state index contributed by atoms with van der Waals surface area (Å²) in [5, 5.41) is 0. The van der Waals surface area contributed by atoms with Crippen LogP contribution in [0.4, 0.5) is 0 Å². The lowest BCUT2D eigenvalue weighted by atomic mass is 10.2. The minimum absolute atomic E-state index is 0.403. The van der Waals surface area contributed by atoms with E-state index in [9.17, 15) is 0 Å². The molecule has 1 heterocycles. The van der Waals surface area contributed by atoms with Crippen LogP contribution in [0.15, 0.2) is 12.5 Å². The molecule has 4 heteroatoms. The largest absolute Gasteiger partial charge is 0.501 e. The van der Waals surface area contributed by atoms with Gasteiger partial charge in [0.05, 0.1) is 25.7 Å². The average molecular weight is 208 g/mol. The van der Waals surface area contributed by atoms with Crippen LogP contribution in [-0.4, -0.2) is 23.7 Å². The van der Waals surface area contributed by atoms with Gasteiger partial charge in [-0.1, -0.05) is 6.92 Å². The Labute approximate surface area is 90.0 Å². The minimum Gasteiger partial charge on any atom is -0.501 e. The topological polar surface area (TPSA) is 44.2 Å². The van der Waals surface area contributed by atoms with E-state index in [-0.39, 0.29) is 0 Å². The molecule has 0 unspecified atom stereocenters. The third-order valence-electron chi connectivity index (χ3n) is 1.91. The van der Waals surface area contributed by atoms with E-state index >= 15 is 0 Å². The Balaban J connectivity index is 2.87. The molecule has 0 bridgehead atoms. The van der Waals surface area contributed by atoms with Crippen LogP contribution < -0.4 is 4.74 Å². The first kappa shape index (κ1) is 11.5. The zero-order valence-corrected chi connectivity index (χ0v) is 9.36. The summed E-state index contributed by atoms with van der Waals surface area (Å²) in [6.07, 6.45) is 6.09. The quantitative estimate of drug-likeness (QED) is 0.695. The van der Waals surface area contributed by atoms with Crippen LogP contribution in [0.1, 0.15) is 25.1 Å². The maximum Gasteiger partial charge on any atom is 0.316 e. The van der Waals surface area contributed by atoms with Crippen LogP contribution >= 0.6 is 0 Å². The average Bonchev–Trinajstić information content (AvgIpc) is 2.29. The molecule has 0 aliphatic carbocycles. The van der Waals surface area contributed by atoms with Gasteiger partial charge in [0.2, 0.25) is 0 Å². The van der Waals surface area contributed by atoms with E-state index in [1.165, 1.54) is 0 Å². The van der Waals surface area contributed by atoms with Crippen LogP contribution in [0.2, 0.25) is 0 Å². The number of hydrogen-bond acceptors (Lipinski definition) is 4. The van der Waals surface area contributed by atoms with E-state index in [0.717, 1.165) is 17.7 Å². The van der Waals surface area contributed by atoms with Gasteiger partial charge in [-0.25, -0.2) is 4.98 Å². The first-order chi connectivity index (χ1) is 7.31. The number of nitrogens with zero attached hydrogens (tertiary/aromatic N) is 2. The Bertz CT molecular complexity index is 337. The van der Waals surface area contributed by atoms with Crippen molar-refractivity contribution in [2.24, 2.45) is 0 Å². The summed E-state index contributed by atoms with van der Waals surface area (Å²) >= 11 is 0. The molecule has 0 atom stereocenters. The Morgan fingerprint density at radius 3 is 2.80 bits per heavy atom. The molecule has 1 rings (SSSR count). The van der Waals surface area contributed by atoms with Gasteiger partial charge < -0.3 is 9.47 Å². The molecule has 4 nitrogen and oxygen atoms in total. The summed E-state index contributed by atoms with van der Waals surface area (Å²) in [4.78, 5) is 8.29. The van der Waals surface area contributed by atoms with E-state index in [1.807, 2.05) is 19.9 Å². The third kappa shape index (κ3) is 3.23. The van der Waals surface area contributed by atoms with Crippen molar-refractivity contribution in [3.8, 4) is 6.01 Å². The number of aromatic nitrogens is 2. The van der Waals surface area contributed by atoms with Gasteiger partial charge in [0, 0.05) is 11.8 Å². The number of ether oxygens (including phenoxy) is 2. The Kier molecular flexibility index (Phi) is 4.60. The first-order valence-corrected chi connectivity index (χ1v) is 4.99. The van der Waals surface area contributed by atoms with Gasteiger partial charge in [0.25, 0.3) is 0 Å². The normalized spacial score (nSPS) is 10.6. The summed E-state index contributed by atoms with van der Waals surface area (Å²) in [7, 11) is 1.56. The minimum atomic E-state index is 0.403. The third-order valence-corrected chi connectivity index (χ3v) is 1.91.